The van der Waals surface area contributed by atoms with Crippen molar-refractivity contribution in [2.45, 2.75) is 17.8 Å². The first-order valence-electron chi connectivity index (χ1n) is 16.0. The van der Waals surface area contributed by atoms with Crippen molar-refractivity contribution < 1.29 is 0 Å². The molecule has 0 aromatic heterocycles. The Labute approximate surface area is 272 Å². The van der Waals surface area contributed by atoms with Crippen LogP contribution in [0.5, 0.6) is 0 Å². The van der Waals surface area contributed by atoms with Crippen LogP contribution in [-0.4, -0.2) is 0 Å². The number of hydrogen-bond donors (Lipinski definition) is 1. The van der Waals surface area contributed by atoms with Gasteiger partial charge in [0.1, 0.15) is 0 Å². The molecule has 0 saturated heterocycles. The molecule has 1 nitrogen and oxygen atoms in total. The van der Waals surface area contributed by atoms with E-state index >= 15 is 0 Å². The highest BCUT2D eigenvalue weighted by Gasteiger charge is 2.28. The highest BCUT2D eigenvalue weighted by atomic mass is 14.6. The van der Waals surface area contributed by atoms with E-state index in [1.165, 1.54) is 38.9 Å². The van der Waals surface area contributed by atoms with Crippen molar-refractivity contribution >= 4 is 5.69 Å². The summed E-state index contributed by atoms with van der Waals surface area (Å²) in [5, 5.41) is 0. The van der Waals surface area contributed by atoms with Gasteiger partial charge >= 0.3 is 0 Å². The smallest absolute Gasteiger partial charge is 0.0398 e. The number of anilines is 1. The lowest BCUT2D eigenvalue weighted by molar-refractivity contribution is 0.911. The van der Waals surface area contributed by atoms with Gasteiger partial charge in [0.2, 0.25) is 0 Å². The van der Waals surface area contributed by atoms with Crippen LogP contribution in [-0.2, 0) is 0 Å². The Morgan fingerprint density at radius 1 is 0.261 bits per heavy atom. The van der Waals surface area contributed by atoms with E-state index in [1.54, 1.807) is 0 Å². The monoisotopic (exact) mass is 591 g/mol. The van der Waals surface area contributed by atoms with Crippen LogP contribution in [0.25, 0.3) is 0 Å². The topological polar surface area (TPSA) is 26.0 Å². The Kier molecular flexibility index (Phi) is 8.56. The third kappa shape index (κ3) is 6.01. The van der Waals surface area contributed by atoms with Crippen LogP contribution in [0.2, 0.25) is 0 Å². The van der Waals surface area contributed by atoms with E-state index in [9.17, 15) is 0 Å². The Bertz CT molecular complexity index is 1750. The minimum Gasteiger partial charge on any atom is -0.398 e. The molecule has 7 rings (SSSR count). The minimum atomic E-state index is -0.0412. The summed E-state index contributed by atoms with van der Waals surface area (Å²) in [5.74, 6) is -0.0547. The lowest BCUT2D eigenvalue weighted by Gasteiger charge is -2.29. The largest absolute Gasteiger partial charge is 0.398 e. The number of benzene rings is 7. The molecule has 0 aliphatic heterocycles. The van der Waals surface area contributed by atoms with E-state index < -0.39 is 0 Å². The second-order valence-corrected chi connectivity index (χ2v) is 11.9. The van der Waals surface area contributed by atoms with E-state index in [4.69, 9.17) is 5.73 Å². The van der Waals surface area contributed by atoms with Gasteiger partial charge < -0.3 is 5.73 Å². The van der Waals surface area contributed by atoms with Crippen LogP contribution < -0.4 is 5.73 Å². The van der Waals surface area contributed by atoms with Crippen molar-refractivity contribution in [3.8, 4) is 0 Å². The van der Waals surface area contributed by atoms with Crippen LogP contribution in [0, 0.1) is 0 Å². The van der Waals surface area contributed by atoms with E-state index in [0.29, 0.717) is 0 Å². The van der Waals surface area contributed by atoms with Gasteiger partial charge in [0, 0.05) is 23.4 Å². The zero-order valence-electron chi connectivity index (χ0n) is 25.8. The zero-order valence-corrected chi connectivity index (χ0v) is 25.8. The highest BCUT2D eigenvalue weighted by molar-refractivity contribution is 5.67. The van der Waals surface area contributed by atoms with Gasteiger partial charge in [-0.2, -0.15) is 0 Å². The molecule has 7 aromatic carbocycles. The fourth-order valence-electron chi connectivity index (χ4n) is 6.92. The number of rotatable bonds is 9. The molecule has 2 N–H and O–H groups in total. The lowest BCUT2D eigenvalue weighted by Crippen LogP contribution is -2.15. The molecule has 0 unspecified atom stereocenters. The van der Waals surface area contributed by atoms with Gasteiger partial charge in [-0.1, -0.05) is 194 Å². The van der Waals surface area contributed by atoms with Crippen molar-refractivity contribution in [3.63, 3.8) is 0 Å². The normalized spacial score (nSPS) is 11.3. The Morgan fingerprint density at radius 3 is 0.717 bits per heavy atom. The van der Waals surface area contributed by atoms with Crippen molar-refractivity contribution in [2.24, 2.45) is 0 Å². The van der Waals surface area contributed by atoms with Gasteiger partial charge in [0.15, 0.2) is 0 Å². The van der Waals surface area contributed by atoms with Crippen molar-refractivity contribution in [3.05, 3.63) is 244 Å². The second-order valence-electron chi connectivity index (χ2n) is 11.9. The standard InChI is InChI=1S/C45H37N/c46-45-40(43(35-23-11-3-12-24-35)36-25-13-4-14-26-36)31-39(42(33-19-7-1-8-20-33)34-21-9-2-10-22-34)32-41(45)44(37-27-15-5-16-28-37)38-29-17-6-18-30-38/h1-32,42-44H,46H2. The molecule has 0 fully saturated rings. The summed E-state index contributed by atoms with van der Waals surface area (Å²) in [7, 11) is 0. The van der Waals surface area contributed by atoms with Crippen LogP contribution in [0.3, 0.4) is 0 Å². The lowest BCUT2D eigenvalue weighted by atomic mass is 9.75. The first-order valence-corrected chi connectivity index (χ1v) is 16.0. The van der Waals surface area contributed by atoms with Crippen molar-refractivity contribution in [1.82, 2.24) is 0 Å². The Balaban J connectivity index is 1.56. The average molecular weight is 592 g/mol. The number of hydrogen-bond acceptors (Lipinski definition) is 1. The second kappa shape index (κ2) is 13.5. The molecule has 0 atom stereocenters. The fourth-order valence-corrected chi connectivity index (χ4v) is 6.92. The van der Waals surface area contributed by atoms with Gasteiger partial charge in [-0.05, 0) is 50.1 Å². The molecule has 0 aliphatic rings. The Hall–Kier alpha value is -5.66. The van der Waals surface area contributed by atoms with Crippen LogP contribution >= 0.6 is 0 Å². The van der Waals surface area contributed by atoms with Crippen molar-refractivity contribution in [2.75, 3.05) is 5.73 Å². The molecular formula is C45H37N. The minimum absolute atomic E-state index is 0.0277. The predicted molar refractivity (Wildman–Crippen MR) is 192 cm³/mol. The molecule has 0 spiro atoms. The molecule has 0 saturated carbocycles. The molecule has 0 heterocycles. The van der Waals surface area contributed by atoms with E-state index in [2.05, 4.69) is 194 Å². The Morgan fingerprint density at radius 2 is 0.478 bits per heavy atom. The molecular weight excluding hydrogens is 555 g/mol. The van der Waals surface area contributed by atoms with Crippen LogP contribution in [0.1, 0.15) is 67.8 Å². The summed E-state index contributed by atoms with van der Waals surface area (Å²) in [4.78, 5) is 0. The number of nitrogen functional groups attached to an aromatic ring is 1. The van der Waals surface area contributed by atoms with E-state index in [1.807, 2.05) is 0 Å². The molecule has 0 amide bonds. The van der Waals surface area contributed by atoms with Gasteiger partial charge in [-0.3, -0.25) is 0 Å². The van der Waals surface area contributed by atoms with E-state index in [-0.39, 0.29) is 17.8 Å². The fraction of sp³-hybridized carbons (Fsp3) is 0.0667. The van der Waals surface area contributed by atoms with Gasteiger partial charge in [-0.25, -0.2) is 0 Å². The molecule has 46 heavy (non-hydrogen) atoms. The quantitative estimate of drug-likeness (QED) is 0.131. The summed E-state index contributed by atoms with van der Waals surface area (Å²) in [5.41, 5.74) is 19.2. The summed E-state index contributed by atoms with van der Waals surface area (Å²) in [6, 6.07) is 69.6. The maximum absolute atomic E-state index is 7.48. The van der Waals surface area contributed by atoms with Gasteiger partial charge in [-0.15, -0.1) is 0 Å². The third-order valence-electron chi connectivity index (χ3n) is 9.02. The maximum atomic E-state index is 7.48. The van der Waals surface area contributed by atoms with Crippen molar-refractivity contribution in [1.29, 1.82) is 0 Å². The molecule has 222 valence electrons. The molecule has 0 bridgehead atoms. The van der Waals surface area contributed by atoms with Crippen LogP contribution in [0.15, 0.2) is 194 Å². The summed E-state index contributed by atoms with van der Waals surface area (Å²) >= 11 is 0. The van der Waals surface area contributed by atoms with Gasteiger partial charge in [0.25, 0.3) is 0 Å². The summed E-state index contributed by atoms with van der Waals surface area (Å²) in [6.07, 6.45) is 0. The SMILES string of the molecule is Nc1c(C(c2ccccc2)c2ccccc2)cc(C(c2ccccc2)c2ccccc2)cc1C(c1ccccc1)c1ccccc1. The zero-order chi connectivity index (χ0) is 31.1. The maximum Gasteiger partial charge on any atom is 0.0398 e. The first kappa shape index (κ1) is 29.1. The highest BCUT2D eigenvalue weighted by Crippen LogP contribution is 2.45. The summed E-state index contributed by atoms with van der Waals surface area (Å²) in [6.45, 7) is 0. The molecule has 7 aromatic rings. The number of nitrogens with two attached hydrogens (primary N) is 1. The molecule has 0 radical (unpaired) electrons. The molecule has 0 aliphatic carbocycles. The molecule has 1 heteroatoms. The summed E-state index contributed by atoms with van der Waals surface area (Å²) < 4.78 is 0. The van der Waals surface area contributed by atoms with Gasteiger partial charge in [0.05, 0.1) is 0 Å². The van der Waals surface area contributed by atoms with E-state index in [0.717, 1.165) is 16.8 Å². The predicted octanol–water partition coefficient (Wildman–Crippen LogP) is 10.8. The van der Waals surface area contributed by atoms with Crippen LogP contribution in [0.4, 0.5) is 5.69 Å². The third-order valence-corrected chi connectivity index (χ3v) is 9.02. The average Bonchev–Trinajstić information content (AvgIpc) is 3.13. The first-order chi connectivity index (χ1) is 22.8.